The van der Waals surface area contributed by atoms with Gasteiger partial charge in [-0.3, -0.25) is 0 Å². The zero-order valence-electron chi connectivity index (χ0n) is 11.1. The first-order valence-corrected chi connectivity index (χ1v) is 7.32. The molecule has 0 spiro atoms. The number of nitrogens with one attached hydrogen (secondary N) is 1. The molecule has 0 unspecified atom stereocenters. The molecule has 1 rings (SSSR count). The topological polar surface area (TPSA) is 75.4 Å². The van der Waals surface area contributed by atoms with E-state index >= 15 is 0 Å². The van der Waals surface area contributed by atoms with Crippen LogP contribution in [-0.4, -0.2) is 40.5 Å². The first kappa shape index (κ1) is 14.9. The second-order valence-electron chi connectivity index (χ2n) is 4.60. The smallest absolute Gasteiger partial charge is 0.242 e. The van der Waals surface area contributed by atoms with E-state index in [1.807, 2.05) is 25.9 Å². The Morgan fingerprint density at radius 3 is 2.56 bits per heavy atom. The average molecular weight is 271 g/mol. The number of nitrogens with two attached hydrogens (primary N) is 1. The number of aryl methyl sites for hydroxylation is 1. The monoisotopic (exact) mass is 271 g/mol. The Balaban J connectivity index is 2.69. The van der Waals surface area contributed by atoms with Crippen LogP contribution in [0.2, 0.25) is 0 Å². The highest BCUT2D eigenvalue weighted by Gasteiger charge is 2.16. The summed E-state index contributed by atoms with van der Waals surface area (Å²) < 4.78 is 26.6. The molecule has 0 aliphatic carbocycles. The largest absolute Gasteiger partial charge is 0.398 e. The van der Waals surface area contributed by atoms with E-state index in [1.165, 1.54) is 0 Å². The van der Waals surface area contributed by atoms with Crippen molar-refractivity contribution < 1.29 is 8.42 Å². The number of benzene rings is 1. The molecule has 0 fully saturated rings. The Bertz CT molecular complexity index is 498. The minimum atomic E-state index is -3.50. The zero-order chi connectivity index (χ0) is 13.8. The molecular weight excluding hydrogens is 250 g/mol. The number of sulfonamides is 1. The summed E-state index contributed by atoms with van der Waals surface area (Å²) in [5.41, 5.74) is 6.96. The van der Waals surface area contributed by atoms with Crippen LogP contribution in [0, 0.1) is 6.92 Å². The summed E-state index contributed by atoms with van der Waals surface area (Å²) >= 11 is 0. The van der Waals surface area contributed by atoms with Gasteiger partial charge in [-0.2, -0.15) is 0 Å². The van der Waals surface area contributed by atoms with Crippen molar-refractivity contribution in [2.45, 2.75) is 18.2 Å². The van der Waals surface area contributed by atoms with Gasteiger partial charge in [-0.25, -0.2) is 13.1 Å². The van der Waals surface area contributed by atoms with Gasteiger partial charge in [-0.15, -0.1) is 0 Å². The summed E-state index contributed by atoms with van der Waals surface area (Å²) in [7, 11) is 0.403. The van der Waals surface area contributed by atoms with Gasteiger partial charge in [0, 0.05) is 6.54 Å². The van der Waals surface area contributed by atoms with Gasteiger partial charge < -0.3 is 10.6 Å². The van der Waals surface area contributed by atoms with Crippen molar-refractivity contribution in [2.75, 3.05) is 32.9 Å². The summed E-state index contributed by atoms with van der Waals surface area (Å²) in [6.45, 7) is 3.12. The van der Waals surface area contributed by atoms with Crippen molar-refractivity contribution in [1.82, 2.24) is 9.62 Å². The number of hydrogen-bond donors (Lipinski definition) is 2. The highest BCUT2D eigenvalue weighted by atomic mass is 32.2. The molecule has 6 heteroatoms. The lowest BCUT2D eigenvalue weighted by Crippen LogP contribution is -2.27. The van der Waals surface area contributed by atoms with Crippen molar-refractivity contribution >= 4 is 15.7 Å². The van der Waals surface area contributed by atoms with Crippen LogP contribution in [0.25, 0.3) is 0 Å². The summed E-state index contributed by atoms with van der Waals surface area (Å²) in [5, 5.41) is 0. The highest BCUT2D eigenvalue weighted by Crippen LogP contribution is 2.18. The van der Waals surface area contributed by atoms with Gasteiger partial charge in [0.05, 0.1) is 5.69 Å². The quantitative estimate of drug-likeness (QED) is 0.593. The van der Waals surface area contributed by atoms with E-state index in [4.69, 9.17) is 5.73 Å². The van der Waals surface area contributed by atoms with Crippen LogP contribution in [-0.2, 0) is 10.0 Å². The fourth-order valence-corrected chi connectivity index (χ4v) is 2.78. The Morgan fingerprint density at radius 1 is 1.33 bits per heavy atom. The van der Waals surface area contributed by atoms with E-state index in [0.29, 0.717) is 6.54 Å². The second-order valence-corrected chi connectivity index (χ2v) is 6.33. The van der Waals surface area contributed by atoms with E-state index in [9.17, 15) is 8.42 Å². The van der Waals surface area contributed by atoms with Gasteiger partial charge in [-0.05, 0) is 51.7 Å². The van der Waals surface area contributed by atoms with Gasteiger partial charge >= 0.3 is 0 Å². The second kappa shape index (κ2) is 6.17. The molecule has 18 heavy (non-hydrogen) atoms. The Hall–Kier alpha value is -1.11. The van der Waals surface area contributed by atoms with Crippen LogP contribution in [0.15, 0.2) is 23.1 Å². The first-order valence-electron chi connectivity index (χ1n) is 5.83. The average Bonchev–Trinajstić information content (AvgIpc) is 2.23. The van der Waals surface area contributed by atoms with Crippen molar-refractivity contribution in [3.8, 4) is 0 Å². The third kappa shape index (κ3) is 4.29. The number of rotatable bonds is 6. The van der Waals surface area contributed by atoms with E-state index in [1.54, 1.807) is 18.2 Å². The van der Waals surface area contributed by atoms with Crippen LogP contribution in [0.4, 0.5) is 5.69 Å². The number of nitrogen functional groups attached to an aromatic ring is 1. The number of nitrogens with zero attached hydrogens (tertiary/aromatic N) is 1. The molecule has 1 aromatic rings. The summed E-state index contributed by atoms with van der Waals surface area (Å²) in [5.74, 6) is 0. The molecule has 0 saturated heterocycles. The van der Waals surface area contributed by atoms with Crippen LogP contribution in [0.5, 0.6) is 0 Å². The van der Waals surface area contributed by atoms with Crippen molar-refractivity contribution in [3.63, 3.8) is 0 Å². The third-order valence-electron chi connectivity index (χ3n) is 2.53. The Labute approximate surface area is 109 Å². The normalized spacial score (nSPS) is 12.0. The molecule has 1 aromatic carbocycles. The third-order valence-corrected chi connectivity index (χ3v) is 4.06. The molecule has 3 N–H and O–H groups in total. The molecule has 0 aromatic heterocycles. The molecular formula is C12H21N3O2S. The van der Waals surface area contributed by atoms with Crippen molar-refractivity contribution in [1.29, 1.82) is 0 Å². The summed E-state index contributed by atoms with van der Waals surface area (Å²) in [6, 6.07) is 4.94. The predicted molar refractivity (Wildman–Crippen MR) is 74.0 cm³/mol. The van der Waals surface area contributed by atoms with E-state index in [0.717, 1.165) is 18.5 Å². The maximum atomic E-state index is 12.0. The molecule has 0 saturated carbocycles. The standard InChI is InChI=1S/C12H21N3O2S/c1-10-5-6-12(11(13)9-10)18(16,17)14-7-4-8-15(2)3/h5-6,9,14H,4,7-8,13H2,1-3H3. The molecule has 0 atom stereocenters. The lowest BCUT2D eigenvalue weighted by molar-refractivity contribution is 0.400. The highest BCUT2D eigenvalue weighted by molar-refractivity contribution is 7.89. The lowest BCUT2D eigenvalue weighted by atomic mass is 10.2. The zero-order valence-corrected chi connectivity index (χ0v) is 11.9. The van der Waals surface area contributed by atoms with Crippen LogP contribution >= 0.6 is 0 Å². The maximum Gasteiger partial charge on any atom is 0.242 e. The van der Waals surface area contributed by atoms with Gasteiger partial charge in [-0.1, -0.05) is 6.07 Å². The molecule has 0 radical (unpaired) electrons. The van der Waals surface area contributed by atoms with Gasteiger partial charge in [0.1, 0.15) is 4.90 Å². The number of hydrogen-bond acceptors (Lipinski definition) is 4. The van der Waals surface area contributed by atoms with Crippen LogP contribution in [0.3, 0.4) is 0 Å². The van der Waals surface area contributed by atoms with E-state index in [2.05, 4.69) is 4.72 Å². The predicted octanol–water partition coefficient (Wildman–Crippen LogP) is 0.807. The van der Waals surface area contributed by atoms with Gasteiger partial charge in [0.2, 0.25) is 10.0 Å². The molecule has 0 aliphatic rings. The molecule has 102 valence electrons. The molecule has 0 bridgehead atoms. The Kier molecular flexibility index (Phi) is 5.13. The summed E-state index contributed by atoms with van der Waals surface area (Å²) in [4.78, 5) is 2.16. The minimum Gasteiger partial charge on any atom is -0.398 e. The SMILES string of the molecule is Cc1ccc(S(=O)(=O)NCCCN(C)C)c(N)c1. The summed E-state index contributed by atoms with van der Waals surface area (Å²) in [6.07, 6.45) is 0.762. The fraction of sp³-hybridized carbons (Fsp3) is 0.500. The molecule has 0 heterocycles. The van der Waals surface area contributed by atoms with Crippen molar-refractivity contribution in [3.05, 3.63) is 23.8 Å². The molecule has 5 nitrogen and oxygen atoms in total. The van der Waals surface area contributed by atoms with E-state index in [-0.39, 0.29) is 10.6 Å². The molecule has 0 amide bonds. The van der Waals surface area contributed by atoms with Crippen LogP contribution < -0.4 is 10.5 Å². The molecule has 0 aliphatic heterocycles. The van der Waals surface area contributed by atoms with Crippen molar-refractivity contribution in [2.24, 2.45) is 0 Å². The van der Waals surface area contributed by atoms with Gasteiger partial charge in [0.15, 0.2) is 0 Å². The lowest BCUT2D eigenvalue weighted by Gasteiger charge is -2.11. The fourth-order valence-electron chi connectivity index (χ4n) is 1.59. The maximum absolute atomic E-state index is 12.0. The Morgan fingerprint density at radius 2 is 2.00 bits per heavy atom. The van der Waals surface area contributed by atoms with E-state index < -0.39 is 10.0 Å². The number of anilines is 1. The first-order chi connectivity index (χ1) is 8.33. The van der Waals surface area contributed by atoms with Gasteiger partial charge in [0.25, 0.3) is 0 Å². The van der Waals surface area contributed by atoms with Crippen LogP contribution in [0.1, 0.15) is 12.0 Å². The minimum absolute atomic E-state index is 0.151.